The van der Waals surface area contributed by atoms with Crippen LogP contribution >= 0.6 is 7.49 Å². The number of hydrogen-bond donors (Lipinski definition) is 0. The fraction of sp³-hybridized carbons (Fsp3) is 0.250. The third-order valence-electron chi connectivity index (χ3n) is 9.26. The Morgan fingerprint density at radius 1 is 0.639 bits per heavy atom. The van der Waals surface area contributed by atoms with Gasteiger partial charge in [-0.05, 0) is 61.4 Å². The molecule has 0 amide bonds. The SMILES string of the molecule is CC#N.Cc1cc(F)cc(F)c1-c1cc(N(C)C)cc[n+]1C.Cc1cc(F)cc(F)c1-c1cc(N(C)C)cc[n+]1C.[CH2-][P+](OCCOC)(c1ccccc1)c1ccccc1.[Ir]. The zero-order valence-corrected chi connectivity index (χ0v) is 39.8. The Morgan fingerprint density at radius 2 is 1.00 bits per heavy atom. The van der Waals surface area contributed by atoms with Gasteiger partial charge in [-0.25, -0.2) is 26.7 Å². The molecule has 0 aliphatic heterocycles. The summed E-state index contributed by atoms with van der Waals surface area (Å²) in [6.07, 6.45) is 3.74. The van der Waals surface area contributed by atoms with Crippen molar-refractivity contribution in [3.05, 3.63) is 163 Å². The van der Waals surface area contributed by atoms with Gasteiger partial charge >= 0.3 is 0 Å². The molecule has 2 aromatic heterocycles. The maximum Gasteiger partial charge on any atom is 0.217 e. The summed E-state index contributed by atoms with van der Waals surface area (Å²) in [5, 5.41) is 9.62. The molecule has 6 aromatic rings. The number of nitrogens with zero attached hydrogens (tertiary/aromatic N) is 5. The van der Waals surface area contributed by atoms with Gasteiger partial charge in [0.2, 0.25) is 11.4 Å². The predicted molar refractivity (Wildman–Crippen MR) is 238 cm³/mol. The standard InChI is InChI=1S/C16H19O2P.2C15H17F2N2.C2H3N.Ir/c1-17-13-14-18-19(2,15-9-5-3-6-10-15)16-11-7-4-8-12-16;2*1-10-7-11(16)8-13(17)15(10)14-9-12(18(2)3)5-6-19(14)4;1-2-3;/h3-12H,2,13-14H2,1H3;2*5-9H,1-4H3;1H3;/q;2*+1;;. The summed E-state index contributed by atoms with van der Waals surface area (Å²) in [7, 11) is 11.0. The van der Waals surface area contributed by atoms with Gasteiger partial charge in [0, 0.05) is 110 Å². The minimum atomic E-state index is -2.03. The van der Waals surface area contributed by atoms with Gasteiger partial charge in [-0.15, -0.1) is 6.66 Å². The first-order valence-electron chi connectivity index (χ1n) is 19.0. The second-order valence-corrected chi connectivity index (χ2v) is 16.9. The van der Waals surface area contributed by atoms with E-state index >= 15 is 0 Å². The van der Waals surface area contributed by atoms with Crippen molar-refractivity contribution in [3.8, 4) is 28.6 Å². The molecule has 0 fully saturated rings. The van der Waals surface area contributed by atoms with Gasteiger partial charge in [-0.3, -0.25) is 4.52 Å². The molecule has 0 bridgehead atoms. The summed E-state index contributed by atoms with van der Waals surface area (Å²) in [4.78, 5) is 3.89. The molecule has 0 aliphatic rings. The number of pyridine rings is 2. The minimum absolute atomic E-state index is 0. The summed E-state index contributed by atoms with van der Waals surface area (Å²) in [5.74, 6) is -2.18. The number of nitriles is 1. The zero-order valence-electron chi connectivity index (χ0n) is 36.5. The summed E-state index contributed by atoms with van der Waals surface area (Å²) < 4.78 is 69.3. The summed E-state index contributed by atoms with van der Waals surface area (Å²) in [6.45, 7) is 10.4. The predicted octanol–water partition coefficient (Wildman–Crippen LogP) is 9.21. The van der Waals surface area contributed by atoms with Crippen LogP contribution in [0.3, 0.4) is 0 Å². The Kier molecular flexibility index (Phi) is 21.4. The van der Waals surface area contributed by atoms with Crippen LogP contribution in [0.2, 0.25) is 0 Å². The van der Waals surface area contributed by atoms with Gasteiger partial charge in [0.1, 0.15) is 44.0 Å². The Bertz CT molecular complexity index is 2150. The van der Waals surface area contributed by atoms with Crippen LogP contribution in [0.5, 0.6) is 0 Å². The molecule has 7 nitrogen and oxygen atoms in total. The van der Waals surface area contributed by atoms with Crippen molar-refractivity contribution in [2.45, 2.75) is 20.8 Å². The molecule has 0 atom stereocenters. The largest absolute Gasteiger partial charge is 0.382 e. The molecule has 0 saturated carbocycles. The van der Waals surface area contributed by atoms with Gasteiger partial charge in [0.25, 0.3) is 0 Å². The normalized spacial score (nSPS) is 10.3. The molecular weight excluding hydrogens is 978 g/mol. The summed E-state index contributed by atoms with van der Waals surface area (Å²) in [5.41, 5.74) is 5.43. The van der Waals surface area contributed by atoms with E-state index in [-0.39, 0.29) is 20.1 Å². The zero-order chi connectivity index (χ0) is 44.6. The number of hydrogen-bond acceptors (Lipinski definition) is 5. The van der Waals surface area contributed by atoms with Crippen LogP contribution in [0, 0.1) is 55.1 Å². The van der Waals surface area contributed by atoms with Crippen molar-refractivity contribution in [2.24, 2.45) is 14.1 Å². The monoisotopic (exact) mass is 1030 g/mol. The third-order valence-corrected chi connectivity index (χ3v) is 12.2. The number of anilines is 2. The van der Waals surface area contributed by atoms with Gasteiger partial charge in [-0.1, -0.05) is 36.4 Å². The maximum absolute atomic E-state index is 14.0. The van der Waals surface area contributed by atoms with Crippen LogP contribution in [0.1, 0.15) is 18.1 Å². The average Bonchev–Trinajstić information content (AvgIpc) is 3.20. The molecule has 6 rings (SSSR count). The number of rotatable bonds is 10. The van der Waals surface area contributed by atoms with Gasteiger partial charge in [0.15, 0.2) is 12.4 Å². The molecule has 0 saturated heterocycles. The molecule has 2 heterocycles. The van der Waals surface area contributed by atoms with Crippen molar-refractivity contribution >= 4 is 29.5 Å². The fourth-order valence-corrected chi connectivity index (χ4v) is 8.43. The van der Waals surface area contributed by atoms with Crippen molar-refractivity contribution in [1.82, 2.24) is 0 Å². The molecule has 0 unspecified atom stereocenters. The average molecular weight is 1030 g/mol. The molecule has 13 heteroatoms. The molecule has 0 spiro atoms. The van der Waals surface area contributed by atoms with Crippen LogP contribution in [0.25, 0.3) is 22.5 Å². The number of aromatic nitrogens is 2. The van der Waals surface area contributed by atoms with E-state index in [1.165, 1.54) is 19.1 Å². The van der Waals surface area contributed by atoms with Crippen molar-refractivity contribution < 1.29 is 56.1 Å². The topological polar surface area (TPSA) is 56.5 Å². The van der Waals surface area contributed by atoms with E-state index < -0.39 is 30.8 Å². The van der Waals surface area contributed by atoms with Gasteiger partial charge in [-0.2, -0.15) is 5.26 Å². The molecular formula is C48H56F4IrN5O2P+2. The van der Waals surface area contributed by atoms with E-state index in [0.29, 0.717) is 35.5 Å². The van der Waals surface area contributed by atoms with E-state index in [0.717, 1.165) is 45.5 Å². The smallest absolute Gasteiger partial charge is 0.217 e. The number of methoxy groups -OCH3 is 1. The first-order chi connectivity index (χ1) is 28.5. The molecule has 0 N–H and O–H groups in total. The number of halogens is 4. The molecule has 61 heavy (non-hydrogen) atoms. The van der Waals surface area contributed by atoms with E-state index in [4.69, 9.17) is 14.5 Å². The second-order valence-electron chi connectivity index (χ2n) is 14.2. The number of aryl methyl sites for hydroxylation is 4. The number of ether oxygens (including phenoxy) is 1. The van der Waals surface area contributed by atoms with Gasteiger partial charge in [0.05, 0.1) is 41.9 Å². The van der Waals surface area contributed by atoms with Crippen LogP contribution in [-0.2, 0) is 43.5 Å². The molecule has 4 aromatic carbocycles. The van der Waals surface area contributed by atoms with Crippen LogP contribution in [0.15, 0.2) is 122 Å². The Labute approximate surface area is 373 Å². The summed E-state index contributed by atoms with van der Waals surface area (Å²) >= 11 is 0. The third kappa shape index (κ3) is 14.6. The van der Waals surface area contributed by atoms with E-state index in [2.05, 4.69) is 30.9 Å². The first kappa shape index (κ1) is 52.1. The minimum Gasteiger partial charge on any atom is -0.382 e. The molecule has 0 aliphatic carbocycles. The first-order valence-corrected chi connectivity index (χ1v) is 20.9. The van der Waals surface area contributed by atoms with E-state index in [1.807, 2.05) is 134 Å². The summed E-state index contributed by atoms with van der Waals surface area (Å²) in [6, 6.07) is 34.4. The Morgan fingerprint density at radius 3 is 1.31 bits per heavy atom. The van der Waals surface area contributed by atoms with Crippen molar-refractivity contribution in [2.75, 3.05) is 58.3 Å². The Hall–Kier alpha value is -5.01. The van der Waals surface area contributed by atoms with Gasteiger partial charge < -0.3 is 14.5 Å². The Balaban J connectivity index is 0.000000302. The fourth-order valence-electron chi connectivity index (χ4n) is 6.14. The maximum atomic E-state index is 14.0. The van der Waals surface area contributed by atoms with E-state index in [9.17, 15) is 17.6 Å². The van der Waals surface area contributed by atoms with E-state index in [1.54, 1.807) is 27.0 Å². The van der Waals surface area contributed by atoms with Crippen LogP contribution in [0.4, 0.5) is 28.9 Å². The van der Waals surface area contributed by atoms with Crippen LogP contribution in [-0.4, -0.2) is 48.5 Å². The molecule has 1 radical (unpaired) electrons. The van der Waals surface area contributed by atoms with Crippen molar-refractivity contribution in [3.63, 3.8) is 0 Å². The quantitative estimate of drug-likeness (QED) is 0.0451. The van der Waals surface area contributed by atoms with Crippen molar-refractivity contribution in [1.29, 1.82) is 5.26 Å². The van der Waals surface area contributed by atoms with Crippen LogP contribution < -0.4 is 29.5 Å². The molecule has 325 valence electrons. The number of benzene rings is 4. The second kappa shape index (κ2) is 25.1.